The highest BCUT2D eigenvalue weighted by atomic mass is 32.2. The normalized spacial score (nSPS) is 22.7. The molecule has 3 aliphatic rings. The van der Waals surface area contributed by atoms with Crippen molar-refractivity contribution in [2.45, 2.75) is 56.8 Å². The van der Waals surface area contributed by atoms with Gasteiger partial charge < -0.3 is 4.74 Å². The van der Waals surface area contributed by atoms with Crippen molar-refractivity contribution in [2.24, 2.45) is 11.8 Å². The van der Waals surface area contributed by atoms with E-state index in [1.807, 2.05) is 6.08 Å². The molecule has 2 saturated carbocycles. The van der Waals surface area contributed by atoms with Crippen LogP contribution < -0.4 is 10.1 Å². The molecule has 0 spiro atoms. The molecule has 174 valence electrons. The van der Waals surface area contributed by atoms with Crippen LogP contribution in [0.25, 0.3) is 0 Å². The number of halogens is 1. The van der Waals surface area contributed by atoms with Crippen molar-refractivity contribution in [3.8, 4) is 5.75 Å². The number of nitrogens with one attached hydrogen (secondary N) is 1. The summed E-state index contributed by atoms with van der Waals surface area (Å²) >= 11 is 0. The van der Waals surface area contributed by atoms with Crippen molar-refractivity contribution >= 4 is 21.7 Å². The number of benzene rings is 1. The maximum Gasteiger partial charge on any atom is 0.229 e. The van der Waals surface area contributed by atoms with E-state index in [-0.39, 0.29) is 35.0 Å². The molecule has 0 radical (unpaired) electrons. The highest BCUT2D eigenvalue weighted by molar-refractivity contribution is 7.91. The third-order valence-electron chi connectivity index (χ3n) is 6.60. The lowest BCUT2D eigenvalue weighted by molar-refractivity contribution is -0.136. The molecule has 1 heterocycles. The van der Waals surface area contributed by atoms with Gasteiger partial charge in [-0.1, -0.05) is 18.2 Å². The second kappa shape index (κ2) is 9.33. The first kappa shape index (κ1) is 23.0. The summed E-state index contributed by atoms with van der Waals surface area (Å²) in [5, 5.41) is 2.33. The standard InChI is InChI=1S/C24H30FNO5S/c25-20-9-8-19(14-21(20)31-15-17-5-6-17)24(11-12-24)16-32(29,30)13-3-1-2-4-18-7-10-22(27)26-23(18)28/h1-2,8-9,14,17-18H,3-7,10-13,15-16H2,(H,26,27,28)/b2-1+. The molecule has 8 heteroatoms. The van der Waals surface area contributed by atoms with E-state index in [0.717, 1.165) is 31.2 Å². The molecule has 3 fully saturated rings. The van der Waals surface area contributed by atoms with Crippen LogP contribution >= 0.6 is 0 Å². The topological polar surface area (TPSA) is 89.5 Å². The lowest BCUT2D eigenvalue weighted by atomic mass is 9.95. The monoisotopic (exact) mass is 463 g/mol. The van der Waals surface area contributed by atoms with E-state index in [2.05, 4.69) is 5.32 Å². The molecule has 6 nitrogen and oxygen atoms in total. The summed E-state index contributed by atoms with van der Waals surface area (Å²) < 4.78 is 45.2. The number of hydrogen-bond donors (Lipinski definition) is 1. The van der Waals surface area contributed by atoms with Crippen LogP contribution in [-0.4, -0.2) is 38.3 Å². The number of rotatable bonds is 11. The van der Waals surface area contributed by atoms with Crippen molar-refractivity contribution < 1.29 is 27.1 Å². The first-order valence-corrected chi connectivity index (χ1v) is 13.2. The number of piperidine rings is 1. The summed E-state index contributed by atoms with van der Waals surface area (Å²) in [6.45, 7) is 0.511. The predicted octanol–water partition coefficient (Wildman–Crippen LogP) is 3.45. The fourth-order valence-electron chi connectivity index (χ4n) is 4.19. The van der Waals surface area contributed by atoms with Crippen LogP contribution in [-0.2, 0) is 24.8 Å². The highest BCUT2D eigenvalue weighted by Gasteiger charge is 2.47. The first-order chi connectivity index (χ1) is 15.3. The fraction of sp³-hybridized carbons (Fsp3) is 0.583. The van der Waals surface area contributed by atoms with Gasteiger partial charge in [-0.05, 0) is 68.6 Å². The van der Waals surface area contributed by atoms with Gasteiger partial charge >= 0.3 is 0 Å². The molecule has 4 rings (SSSR count). The van der Waals surface area contributed by atoms with Gasteiger partial charge in [-0.2, -0.15) is 0 Å². The van der Waals surface area contributed by atoms with Gasteiger partial charge in [0, 0.05) is 17.8 Å². The van der Waals surface area contributed by atoms with Gasteiger partial charge in [0.1, 0.15) is 0 Å². The molecule has 1 aliphatic heterocycles. The molecule has 0 aromatic heterocycles. The number of amides is 2. The lowest BCUT2D eigenvalue weighted by Gasteiger charge is -2.19. The summed E-state index contributed by atoms with van der Waals surface area (Å²) in [5.74, 6) is -0.321. The summed E-state index contributed by atoms with van der Waals surface area (Å²) in [7, 11) is -3.30. The van der Waals surface area contributed by atoms with E-state index in [0.29, 0.717) is 38.2 Å². The Hall–Kier alpha value is -2.22. The minimum atomic E-state index is -3.30. The number of carbonyl (C=O) groups is 2. The summed E-state index contributed by atoms with van der Waals surface area (Å²) in [5.41, 5.74) is 0.391. The largest absolute Gasteiger partial charge is 0.490 e. The Balaban J connectivity index is 1.28. The SMILES string of the molecule is O=C1CCC(C/C=C/CCS(=O)(=O)CC2(c3ccc(F)c(OCC4CC4)c3)CC2)C(=O)N1. The Morgan fingerprint density at radius 3 is 2.62 bits per heavy atom. The zero-order valence-corrected chi connectivity index (χ0v) is 19.0. The van der Waals surface area contributed by atoms with Crippen LogP contribution in [0.2, 0.25) is 0 Å². The minimum absolute atomic E-state index is 0.0346. The van der Waals surface area contributed by atoms with Crippen molar-refractivity contribution in [2.75, 3.05) is 18.1 Å². The van der Waals surface area contributed by atoms with E-state index in [1.54, 1.807) is 18.2 Å². The average Bonchev–Trinajstić information content (AvgIpc) is 3.65. The molecule has 32 heavy (non-hydrogen) atoms. The Bertz CT molecular complexity index is 1010. The van der Waals surface area contributed by atoms with Crippen molar-refractivity contribution in [3.05, 3.63) is 41.7 Å². The number of carbonyl (C=O) groups excluding carboxylic acids is 2. The van der Waals surface area contributed by atoms with Gasteiger partial charge in [-0.3, -0.25) is 14.9 Å². The fourth-order valence-corrected chi connectivity index (χ4v) is 6.12. The third kappa shape index (κ3) is 5.97. The third-order valence-corrected chi connectivity index (χ3v) is 8.45. The number of allylic oxidation sites excluding steroid dienone is 2. The number of imide groups is 1. The Morgan fingerprint density at radius 2 is 1.94 bits per heavy atom. The number of hydrogen-bond acceptors (Lipinski definition) is 5. The lowest BCUT2D eigenvalue weighted by Crippen LogP contribution is -2.40. The molecular formula is C24H30FNO5S. The van der Waals surface area contributed by atoms with E-state index in [9.17, 15) is 22.4 Å². The highest BCUT2D eigenvalue weighted by Crippen LogP contribution is 2.50. The summed E-state index contributed by atoms with van der Waals surface area (Å²) in [6.07, 6.45) is 9.15. The molecule has 2 amide bonds. The van der Waals surface area contributed by atoms with Crippen molar-refractivity contribution in [1.82, 2.24) is 5.32 Å². The maximum absolute atomic E-state index is 14.1. The van der Waals surface area contributed by atoms with Crippen LogP contribution in [0.4, 0.5) is 4.39 Å². The molecule has 1 aromatic rings. The molecular weight excluding hydrogens is 433 g/mol. The first-order valence-electron chi connectivity index (χ1n) is 11.4. The van der Waals surface area contributed by atoms with Crippen LogP contribution in [0, 0.1) is 17.7 Å². The number of sulfone groups is 1. The minimum Gasteiger partial charge on any atom is -0.490 e. The van der Waals surface area contributed by atoms with Gasteiger partial charge in [-0.15, -0.1) is 0 Å². The molecule has 1 N–H and O–H groups in total. The number of ether oxygens (including phenoxy) is 1. The smallest absolute Gasteiger partial charge is 0.229 e. The Morgan fingerprint density at radius 1 is 1.16 bits per heavy atom. The van der Waals surface area contributed by atoms with Gasteiger partial charge in [0.25, 0.3) is 0 Å². The quantitative estimate of drug-likeness (QED) is 0.401. The summed E-state index contributed by atoms with van der Waals surface area (Å²) in [4.78, 5) is 22.9. The van der Waals surface area contributed by atoms with Crippen molar-refractivity contribution in [3.63, 3.8) is 0 Å². The predicted molar refractivity (Wildman–Crippen MR) is 118 cm³/mol. The molecule has 1 aromatic carbocycles. The van der Waals surface area contributed by atoms with E-state index in [1.165, 1.54) is 6.07 Å². The molecule has 1 unspecified atom stereocenters. The zero-order valence-electron chi connectivity index (χ0n) is 18.1. The molecule has 1 atom stereocenters. The van der Waals surface area contributed by atoms with Gasteiger partial charge in [-0.25, -0.2) is 12.8 Å². The van der Waals surface area contributed by atoms with Crippen LogP contribution in [0.15, 0.2) is 30.4 Å². The molecule has 0 bridgehead atoms. The second-order valence-corrected chi connectivity index (χ2v) is 11.6. The van der Waals surface area contributed by atoms with E-state index in [4.69, 9.17) is 4.74 Å². The van der Waals surface area contributed by atoms with Crippen molar-refractivity contribution in [1.29, 1.82) is 0 Å². The average molecular weight is 464 g/mol. The maximum atomic E-state index is 14.1. The van der Waals surface area contributed by atoms with Gasteiger partial charge in [0.2, 0.25) is 11.8 Å². The Kier molecular flexibility index (Phi) is 6.70. The molecule has 2 aliphatic carbocycles. The van der Waals surface area contributed by atoms with E-state index >= 15 is 0 Å². The molecule has 1 saturated heterocycles. The summed E-state index contributed by atoms with van der Waals surface area (Å²) in [6, 6.07) is 4.74. The van der Waals surface area contributed by atoms with Gasteiger partial charge in [0.15, 0.2) is 21.4 Å². The van der Waals surface area contributed by atoms with Crippen LogP contribution in [0.5, 0.6) is 5.75 Å². The van der Waals surface area contributed by atoms with Crippen LogP contribution in [0.3, 0.4) is 0 Å². The zero-order chi connectivity index (χ0) is 22.8. The van der Waals surface area contributed by atoms with Gasteiger partial charge in [0.05, 0.1) is 18.1 Å². The van der Waals surface area contributed by atoms with E-state index < -0.39 is 21.1 Å². The van der Waals surface area contributed by atoms with Crippen LogP contribution in [0.1, 0.15) is 56.9 Å². The second-order valence-electron chi connectivity index (χ2n) is 9.42. The Labute approximate surface area is 188 Å².